The van der Waals surface area contributed by atoms with Gasteiger partial charge in [0.25, 0.3) is 5.91 Å². The molecule has 3 nitrogen and oxygen atoms in total. The van der Waals surface area contributed by atoms with Gasteiger partial charge in [0.1, 0.15) is 0 Å². The smallest absolute Gasteiger partial charge is 0.253 e. The summed E-state index contributed by atoms with van der Waals surface area (Å²) in [6.07, 6.45) is 2.51. The minimum absolute atomic E-state index is 0.00685. The van der Waals surface area contributed by atoms with Crippen LogP contribution in [0.4, 0.5) is 0 Å². The van der Waals surface area contributed by atoms with Gasteiger partial charge in [-0.2, -0.15) is 0 Å². The largest absolute Gasteiger partial charge is 0.341 e. The predicted octanol–water partition coefficient (Wildman–Crippen LogP) is 3.05. The number of carbonyl (C=O) groups excluding carboxylic acids is 1. The lowest BCUT2D eigenvalue weighted by molar-refractivity contribution is 0.0796. The van der Waals surface area contributed by atoms with E-state index in [1.165, 1.54) is 0 Å². The molecule has 2 rings (SSSR count). The van der Waals surface area contributed by atoms with Crippen LogP contribution in [0.15, 0.2) is 48.7 Å². The third kappa shape index (κ3) is 3.80. The van der Waals surface area contributed by atoms with Gasteiger partial charge in [-0.25, -0.2) is 0 Å². The topological polar surface area (TPSA) is 33.2 Å². The second-order valence-electron chi connectivity index (χ2n) is 4.30. The molecule has 0 N–H and O–H groups in total. The van der Waals surface area contributed by atoms with Gasteiger partial charge in [-0.15, -0.1) is 0 Å². The molecule has 0 aliphatic rings. The Hall–Kier alpha value is -1.87. The highest BCUT2D eigenvalue weighted by molar-refractivity contribution is 6.30. The number of carbonyl (C=O) groups is 1. The molecule has 0 atom stereocenters. The van der Waals surface area contributed by atoms with Crippen LogP contribution in [0, 0.1) is 0 Å². The summed E-state index contributed by atoms with van der Waals surface area (Å²) in [7, 11) is 1.79. The Labute approximate surface area is 117 Å². The molecular weight excluding hydrogens is 260 g/mol. The number of hydrogen-bond donors (Lipinski definition) is 0. The van der Waals surface area contributed by atoms with Gasteiger partial charge in [0.05, 0.1) is 0 Å². The summed E-state index contributed by atoms with van der Waals surface area (Å²) in [5, 5.41) is 0.632. The Kier molecular flexibility index (Phi) is 4.53. The van der Waals surface area contributed by atoms with Crippen molar-refractivity contribution in [2.45, 2.75) is 6.42 Å². The van der Waals surface area contributed by atoms with E-state index >= 15 is 0 Å². The van der Waals surface area contributed by atoms with Crippen LogP contribution < -0.4 is 0 Å². The number of amides is 1. The highest BCUT2D eigenvalue weighted by atomic mass is 35.5. The predicted molar refractivity (Wildman–Crippen MR) is 76.4 cm³/mol. The molecule has 0 saturated carbocycles. The van der Waals surface area contributed by atoms with Crippen LogP contribution in [0.2, 0.25) is 5.02 Å². The van der Waals surface area contributed by atoms with Crippen molar-refractivity contribution in [1.29, 1.82) is 0 Å². The zero-order valence-corrected chi connectivity index (χ0v) is 11.5. The van der Waals surface area contributed by atoms with Crippen molar-refractivity contribution in [3.05, 3.63) is 64.9 Å². The highest BCUT2D eigenvalue weighted by Gasteiger charge is 2.11. The molecule has 4 heteroatoms. The van der Waals surface area contributed by atoms with Crippen molar-refractivity contribution in [2.75, 3.05) is 13.6 Å². The van der Waals surface area contributed by atoms with Gasteiger partial charge < -0.3 is 4.90 Å². The highest BCUT2D eigenvalue weighted by Crippen LogP contribution is 2.11. The lowest BCUT2D eigenvalue weighted by Gasteiger charge is -2.17. The number of rotatable bonds is 4. The fourth-order valence-corrected chi connectivity index (χ4v) is 1.87. The van der Waals surface area contributed by atoms with E-state index in [-0.39, 0.29) is 5.91 Å². The number of hydrogen-bond acceptors (Lipinski definition) is 2. The molecule has 0 fully saturated rings. The molecule has 0 saturated heterocycles. The van der Waals surface area contributed by atoms with E-state index in [0.29, 0.717) is 17.1 Å². The molecule has 1 aromatic carbocycles. The summed E-state index contributed by atoms with van der Waals surface area (Å²) >= 11 is 5.80. The van der Waals surface area contributed by atoms with Gasteiger partial charge >= 0.3 is 0 Å². The van der Waals surface area contributed by atoms with E-state index in [1.807, 2.05) is 18.2 Å². The van der Waals surface area contributed by atoms with E-state index in [2.05, 4.69) is 4.98 Å². The van der Waals surface area contributed by atoms with Gasteiger partial charge in [-0.1, -0.05) is 17.7 Å². The molecule has 1 aromatic heterocycles. The summed E-state index contributed by atoms with van der Waals surface area (Å²) in [4.78, 5) is 18.1. The fraction of sp³-hybridized carbons (Fsp3) is 0.200. The Morgan fingerprint density at radius 2 is 1.95 bits per heavy atom. The Balaban J connectivity index is 1.94. The van der Waals surface area contributed by atoms with Crippen molar-refractivity contribution in [3.63, 3.8) is 0 Å². The standard InChI is InChI=1S/C15H15ClN2O/c1-18(11-9-14-4-2-3-10-17-14)15(19)12-5-7-13(16)8-6-12/h2-8,10H,9,11H2,1H3. The molecular formula is C15H15ClN2O. The number of aromatic nitrogens is 1. The Morgan fingerprint density at radius 1 is 1.21 bits per heavy atom. The first-order chi connectivity index (χ1) is 9.16. The Bertz CT molecular complexity index is 540. The zero-order chi connectivity index (χ0) is 13.7. The average Bonchev–Trinajstić information content (AvgIpc) is 2.46. The summed E-state index contributed by atoms with van der Waals surface area (Å²) in [5.41, 5.74) is 1.63. The summed E-state index contributed by atoms with van der Waals surface area (Å²) in [6.45, 7) is 0.637. The van der Waals surface area contributed by atoms with Crippen molar-refractivity contribution in [1.82, 2.24) is 9.88 Å². The van der Waals surface area contributed by atoms with E-state index in [4.69, 9.17) is 11.6 Å². The van der Waals surface area contributed by atoms with Crippen molar-refractivity contribution in [3.8, 4) is 0 Å². The number of pyridine rings is 1. The summed E-state index contributed by atoms with van der Waals surface area (Å²) < 4.78 is 0. The maximum Gasteiger partial charge on any atom is 0.253 e. The maximum absolute atomic E-state index is 12.1. The molecule has 0 unspecified atom stereocenters. The van der Waals surface area contributed by atoms with Crippen LogP contribution in [-0.4, -0.2) is 29.4 Å². The minimum atomic E-state index is -0.00685. The maximum atomic E-state index is 12.1. The van der Waals surface area contributed by atoms with Gasteiger partial charge in [0, 0.05) is 42.5 Å². The SMILES string of the molecule is CN(CCc1ccccn1)C(=O)c1ccc(Cl)cc1. The molecule has 19 heavy (non-hydrogen) atoms. The van der Waals surface area contributed by atoms with Gasteiger partial charge in [0.2, 0.25) is 0 Å². The van der Waals surface area contributed by atoms with Crippen LogP contribution >= 0.6 is 11.6 Å². The molecule has 98 valence electrons. The second-order valence-corrected chi connectivity index (χ2v) is 4.74. The van der Waals surface area contributed by atoms with E-state index in [0.717, 1.165) is 12.1 Å². The van der Waals surface area contributed by atoms with E-state index in [9.17, 15) is 4.79 Å². The molecule has 2 aromatic rings. The molecule has 0 spiro atoms. The minimum Gasteiger partial charge on any atom is -0.341 e. The quantitative estimate of drug-likeness (QED) is 0.859. The molecule has 0 radical (unpaired) electrons. The van der Waals surface area contributed by atoms with Crippen molar-refractivity contribution in [2.24, 2.45) is 0 Å². The van der Waals surface area contributed by atoms with E-state index < -0.39 is 0 Å². The van der Waals surface area contributed by atoms with Crippen LogP contribution in [0.5, 0.6) is 0 Å². The fourth-order valence-electron chi connectivity index (χ4n) is 1.74. The third-order valence-corrected chi connectivity index (χ3v) is 3.12. The van der Waals surface area contributed by atoms with Crippen LogP contribution in [-0.2, 0) is 6.42 Å². The number of halogens is 1. The normalized spacial score (nSPS) is 10.2. The van der Waals surface area contributed by atoms with Gasteiger partial charge in [-0.05, 0) is 36.4 Å². The molecule has 0 bridgehead atoms. The molecule has 1 amide bonds. The second kappa shape index (κ2) is 6.34. The lowest BCUT2D eigenvalue weighted by Crippen LogP contribution is -2.28. The molecule has 1 heterocycles. The summed E-state index contributed by atoms with van der Waals surface area (Å²) in [5.74, 6) is -0.00685. The van der Waals surface area contributed by atoms with Crippen molar-refractivity contribution >= 4 is 17.5 Å². The number of nitrogens with zero attached hydrogens (tertiary/aromatic N) is 2. The first-order valence-corrected chi connectivity index (χ1v) is 6.45. The van der Waals surface area contributed by atoms with Gasteiger partial charge in [0.15, 0.2) is 0 Å². The number of benzene rings is 1. The Morgan fingerprint density at radius 3 is 2.58 bits per heavy atom. The van der Waals surface area contributed by atoms with E-state index in [1.54, 1.807) is 42.4 Å². The van der Waals surface area contributed by atoms with Crippen molar-refractivity contribution < 1.29 is 4.79 Å². The van der Waals surface area contributed by atoms with Gasteiger partial charge in [-0.3, -0.25) is 9.78 Å². The summed E-state index contributed by atoms with van der Waals surface area (Å²) in [6, 6.07) is 12.7. The van der Waals surface area contributed by atoms with Crippen LogP contribution in [0.25, 0.3) is 0 Å². The number of likely N-dealkylation sites (N-methyl/N-ethyl adjacent to an activating group) is 1. The van der Waals surface area contributed by atoms with Crippen LogP contribution in [0.3, 0.4) is 0 Å². The first-order valence-electron chi connectivity index (χ1n) is 6.08. The zero-order valence-electron chi connectivity index (χ0n) is 10.7. The monoisotopic (exact) mass is 274 g/mol. The third-order valence-electron chi connectivity index (χ3n) is 2.87. The lowest BCUT2D eigenvalue weighted by atomic mass is 10.2. The first kappa shape index (κ1) is 13.6. The molecule has 0 aliphatic heterocycles. The average molecular weight is 275 g/mol. The van der Waals surface area contributed by atoms with Crippen LogP contribution in [0.1, 0.15) is 16.1 Å². The molecule has 0 aliphatic carbocycles.